The summed E-state index contributed by atoms with van der Waals surface area (Å²) in [4.78, 5) is 19.0. The number of nitrogens with zero attached hydrogens (tertiary/aromatic N) is 3. The molecule has 3 aromatic rings. The van der Waals surface area contributed by atoms with Gasteiger partial charge in [-0.05, 0) is 73.2 Å². The Morgan fingerprint density at radius 2 is 2.00 bits per heavy atom. The second kappa shape index (κ2) is 9.87. The van der Waals surface area contributed by atoms with Crippen molar-refractivity contribution in [2.24, 2.45) is 0 Å². The van der Waals surface area contributed by atoms with E-state index in [1.165, 1.54) is 0 Å². The number of rotatable bonds is 8. The molecule has 7 heteroatoms. The van der Waals surface area contributed by atoms with E-state index in [0.717, 1.165) is 21.1 Å². The van der Waals surface area contributed by atoms with Crippen LogP contribution in [-0.4, -0.2) is 33.6 Å². The Labute approximate surface area is 184 Å². The summed E-state index contributed by atoms with van der Waals surface area (Å²) in [6.45, 7) is 6.27. The van der Waals surface area contributed by atoms with Gasteiger partial charge in [0.1, 0.15) is 12.3 Å². The standard InChI is InChI=1S/C22H24IN3O3/c1-4-16(3)26(21(27)14-28-19-10-8-18(23)9-11-19)13-20-24-22(25-29-20)17-7-5-6-15(2)12-17/h5-12,16H,4,13-14H2,1-3H3/t16-/m0/s1. The quantitative estimate of drug-likeness (QED) is 0.410. The largest absolute Gasteiger partial charge is 0.484 e. The van der Waals surface area contributed by atoms with Crippen LogP contribution in [-0.2, 0) is 11.3 Å². The van der Waals surface area contributed by atoms with E-state index in [9.17, 15) is 4.79 Å². The molecule has 3 rings (SSSR count). The van der Waals surface area contributed by atoms with Crippen molar-refractivity contribution in [3.8, 4) is 17.1 Å². The summed E-state index contributed by atoms with van der Waals surface area (Å²) >= 11 is 2.23. The van der Waals surface area contributed by atoms with Gasteiger partial charge in [0, 0.05) is 15.2 Å². The molecule has 1 heterocycles. The Hall–Kier alpha value is -2.42. The number of hydrogen-bond acceptors (Lipinski definition) is 5. The summed E-state index contributed by atoms with van der Waals surface area (Å²) in [5, 5.41) is 4.07. The van der Waals surface area contributed by atoms with E-state index < -0.39 is 0 Å². The monoisotopic (exact) mass is 505 g/mol. The Morgan fingerprint density at radius 1 is 1.24 bits per heavy atom. The molecule has 0 N–H and O–H groups in total. The number of aryl methyl sites for hydroxylation is 1. The Bertz CT molecular complexity index is 956. The molecular formula is C22H24IN3O3. The molecule has 0 saturated carbocycles. The average molecular weight is 505 g/mol. The summed E-state index contributed by atoms with van der Waals surface area (Å²) in [7, 11) is 0. The Morgan fingerprint density at radius 3 is 2.69 bits per heavy atom. The molecule has 0 spiro atoms. The third-order valence-corrected chi connectivity index (χ3v) is 5.39. The molecule has 0 fully saturated rings. The SMILES string of the molecule is CC[C@H](C)N(Cc1nc(-c2cccc(C)c2)no1)C(=O)COc1ccc(I)cc1. The van der Waals surface area contributed by atoms with Crippen molar-refractivity contribution in [1.29, 1.82) is 0 Å². The lowest BCUT2D eigenvalue weighted by Gasteiger charge is -2.27. The smallest absolute Gasteiger partial charge is 0.261 e. The number of hydrogen-bond donors (Lipinski definition) is 0. The van der Waals surface area contributed by atoms with Gasteiger partial charge in [-0.15, -0.1) is 0 Å². The topological polar surface area (TPSA) is 68.5 Å². The first-order valence-electron chi connectivity index (χ1n) is 9.53. The second-order valence-corrected chi connectivity index (χ2v) is 8.15. The molecular weight excluding hydrogens is 481 g/mol. The number of carbonyl (C=O) groups is 1. The van der Waals surface area contributed by atoms with E-state index in [2.05, 4.69) is 32.7 Å². The third-order valence-electron chi connectivity index (χ3n) is 4.67. The summed E-state index contributed by atoms with van der Waals surface area (Å²) in [6.07, 6.45) is 0.814. The highest BCUT2D eigenvalue weighted by molar-refractivity contribution is 14.1. The van der Waals surface area contributed by atoms with Crippen LogP contribution in [0.1, 0.15) is 31.7 Å². The van der Waals surface area contributed by atoms with Crippen LogP contribution >= 0.6 is 22.6 Å². The zero-order valence-electron chi connectivity index (χ0n) is 16.8. The number of amides is 1. The number of aromatic nitrogens is 2. The molecule has 29 heavy (non-hydrogen) atoms. The van der Waals surface area contributed by atoms with E-state index in [1.54, 1.807) is 4.90 Å². The van der Waals surface area contributed by atoms with Gasteiger partial charge in [0.15, 0.2) is 6.61 Å². The predicted octanol–water partition coefficient (Wildman–Crippen LogP) is 4.86. The maximum absolute atomic E-state index is 12.8. The van der Waals surface area contributed by atoms with Gasteiger partial charge in [-0.2, -0.15) is 4.98 Å². The number of benzene rings is 2. The summed E-state index contributed by atoms with van der Waals surface area (Å²) in [5.41, 5.74) is 2.02. The van der Waals surface area contributed by atoms with E-state index in [-0.39, 0.29) is 25.1 Å². The van der Waals surface area contributed by atoms with E-state index in [1.807, 2.05) is 69.3 Å². The van der Waals surface area contributed by atoms with Crippen molar-refractivity contribution in [3.05, 3.63) is 63.6 Å². The predicted molar refractivity (Wildman–Crippen MR) is 119 cm³/mol. The van der Waals surface area contributed by atoms with Gasteiger partial charge in [-0.1, -0.05) is 35.8 Å². The first-order chi connectivity index (χ1) is 14.0. The number of halogens is 1. The Balaban J connectivity index is 1.69. The first kappa shape index (κ1) is 21.3. The molecule has 0 saturated heterocycles. The minimum absolute atomic E-state index is 0.0251. The Kier molecular flexibility index (Phi) is 7.24. The highest BCUT2D eigenvalue weighted by Gasteiger charge is 2.23. The fraction of sp³-hybridized carbons (Fsp3) is 0.318. The van der Waals surface area contributed by atoms with Crippen molar-refractivity contribution >= 4 is 28.5 Å². The molecule has 2 aromatic carbocycles. The van der Waals surface area contributed by atoms with Crippen LogP contribution in [0.2, 0.25) is 0 Å². The van der Waals surface area contributed by atoms with Crippen molar-refractivity contribution in [1.82, 2.24) is 15.0 Å². The van der Waals surface area contributed by atoms with Crippen molar-refractivity contribution in [2.45, 2.75) is 39.8 Å². The van der Waals surface area contributed by atoms with Gasteiger partial charge in [-0.25, -0.2) is 0 Å². The highest BCUT2D eigenvalue weighted by Crippen LogP contribution is 2.19. The van der Waals surface area contributed by atoms with Crippen LogP contribution in [0.15, 0.2) is 53.1 Å². The highest BCUT2D eigenvalue weighted by atomic mass is 127. The zero-order chi connectivity index (χ0) is 20.8. The van der Waals surface area contributed by atoms with Crippen LogP contribution in [0.5, 0.6) is 5.75 Å². The molecule has 0 aliphatic heterocycles. The molecule has 1 amide bonds. The molecule has 0 bridgehead atoms. The van der Waals surface area contributed by atoms with Crippen LogP contribution < -0.4 is 4.74 Å². The normalized spacial score (nSPS) is 11.9. The van der Waals surface area contributed by atoms with Crippen LogP contribution in [0.25, 0.3) is 11.4 Å². The maximum atomic E-state index is 12.8. The second-order valence-electron chi connectivity index (χ2n) is 6.90. The molecule has 1 aromatic heterocycles. The lowest BCUT2D eigenvalue weighted by Crippen LogP contribution is -2.40. The average Bonchev–Trinajstić information content (AvgIpc) is 3.19. The molecule has 1 atom stereocenters. The minimum atomic E-state index is -0.117. The van der Waals surface area contributed by atoms with Crippen LogP contribution in [0.4, 0.5) is 0 Å². The summed E-state index contributed by atoms with van der Waals surface area (Å²) < 4.78 is 12.2. The molecule has 0 unspecified atom stereocenters. The molecule has 152 valence electrons. The van der Waals surface area contributed by atoms with Gasteiger partial charge in [0.2, 0.25) is 11.7 Å². The van der Waals surface area contributed by atoms with Crippen molar-refractivity contribution < 1.29 is 14.1 Å². The van der Waals surface area contributed by atoms with E-state index >= 15 is 0 Å². The van der Waals surface area contributed by atoms with E-state index in [4.69, 9.17) is 9.26 Å². The lowest BCUT2D eigenvalue weighted by molar-refractivity contribution is -0.136. The lowest BCUT2D eigenvalue weighted by atomic mass is 10.1. The van der Waals surface area contributed by atoms with E-state index in [0.29, 0.717) is 17.5 Å². The van der Waals surface area contributed by atoms with Crippen LogP contribution in [0, 0.1) is 10.5 Å². The summed E-state index contributed by atoms with van der Waals surface area (Å²) in [5.74, 6) is 1.48. The van der Waals surface area contributed by atoms with Gasteiger partial charge >= 0.3 is 0 Å². The van der Waals surface area contributed by atoms with Gasteiger partial charge < -0.3 is 14.2 Å². The number of ether oxygens (including phenoxy) is 1. The van der Waals surface area contributed by atoms with Gasteiger partial charge in [-0.3, -0.25) is 4.79 Å². The third kappa shape index (κ3) is 5.79. The van der Waals surface area contributed by atoms with Crippen molar-refractivity contribution in [2.75, 3.05) is 6.61 Å². The minimum Gasteiger partial charge on any atom is -0.484 e. The van der Waals surface area contributed by atoms with Crippen molar-refractivity contribution in [3.63, 3.8) is 0 Å². The number of carbonyl (C=O) groups excluding carboxylic acids is 1. The zero-order valence-corrected chi connectivity index (χ0v) is 18.9. The fourth-order valence-corrected chi connectivity index (χ4v) is 3.19. The maximum Gasteiger partial charge on any atom is 0.261 e. The molecule has 6 nitrogen and oxygen atoms in total. The van der Waals surface area contributed by atoms with Crippen LogP contribution in [0.3, 0.4) is 0 Å². The fourth-order valence-electron chi connectivity index (χ4n) is 2.84. The first-order valence-corrected chi connectivity index (χ1v) is 10.6. The molecule has 0 radical (unpaired) electrons. The molecule has 0 aliphatic carbocycles. The van der Waals surface area contributed by atoms with Gasteiger partial charge in [0.25, 0.3) is 5.91 Å². The molecule has 0 aliphatic rings. The summed E-state index contributed by atoms with van der Waals surface area (Å²) in [6, 6.07) is 15.5. The van der Waals surface area contributed by atoms with Gasteiger partial charge in [0.05, 0.1) is 0 Å².